The summed E-state index contributed by atoms with van der Waals surface area (Å²) in [6.07, 6.45) is -0.150. The fourth-order valence-corrected chi connectivity index (χ4v) is 3.15. The van der Waals surface area contributed by atoms with Crippen LogP contribution in [0.2, 0.25) is 0 Å². The summed E-state index contributed by atoms with van der Waals surface area (Å²) in [5.74, 6) is -1.40. The zero-order valence-electron chi connectivity index (χ0n) is 16.0. The first-order valence-electron chi connectivity index (χ1n) is 9.11. The molecule has 1 aliphatic rings. The third kappa shape index (κ3) is 4.24. The number of carbonyl (C=O) groups is 2. The summed E-state index contributed by atoms with van der Waals surface area (Å²) in [7, 11) is 0. The van der Waals surface area contributed by atoms with Gasteiger partial charge in [0.05, 0.1) is 23.4 Å². The molecule has 0 saturated carbocycles. The van der Waals surface area contributed by atoms with Gasteiger partial charge in [-0.2, -0.15) is 0 Å². The van der Waals surface area contributed by atoms with Crippen LogP contribution in [-0.2, 0) is 9.59 Å². The first kappa shape index (κ1) is 19.7. The number of carbonyl (C=O) groups excluding carboxylic acids is 2. The van der Waals surface area contributed by atoms with Crippen LogP contribution in [0.5, 0.6) is 11.5 Å². The van der Waals surface area contributed by atoms with Crippen LogP contribution in [0.15, 0.2) is 36.4 Å². The van der Waals surface area contributed by atoms with Crippen molar-refractivity contribution < 1.29 is 23.8 Å². The summed E-state index contributed by atoms with van der Waals surface area (Å²) in [5, 5.41) is 12.4. The van der Waals surface area contributed by atoms with Crippen LogP contribution in [0, 0.1) is 18.7 Å². The van der Waals surface area contributed by atoms with Crippen molar-refractivity contribution in [2.24, 2.45) is 5.92 Å². The molecule has 1 atom stereocenters. The topological polar surface area (TPSA) is 78.9 Å². The second-order valence-corrected chi connectivity index (χ2v) is 7.20. The summed E-state index contributed by atoms with van der Waals surface area (Å²) < 4.78 is 19.9. The molecule has 28 heavy (non-hydrogen) atoms. The number of phenolic OH excluding ortho intramolecular Hbond substituents is 1. The maximum absolute atomic E-state index is 14.2. The number of nitrogens with zero attached hydrogens (tertiary/aromatic N) is 1. The van der Waals surface area contributed by atoms with Gasteiger partial charge < -0.3 is 20.1 Å². The second kappa shape index (κ2) is 7.88. The van der Waals surface area contributed by atoms with Gasteiger partial charge in [-0.05, 0) is 50.6 Å². The molecular formula is C21H23FN2O4. The van der Waals surface area contributed by atoms with Crippen molar-refractivity contribution in [3.05, 3.63) is 47.8 Å². The molecule has 2 N–H and O–H groups in total. The molecule has 0 aromatic heterocycles. The molecule has 2 amide bonds. The zero-order chi connectivity index (χ0) is 20.4. The summed E-state index contributed by atoms with van der Waals surface area (Å²) in [4.78, 5) is 26.4. The van der Waals surface area contributed by atoms with Gasteiger partial charge >= 0.3 is 0 Å². The number of rotatable bonds is 5. The third-order valence-corrected chi connectivity index (χ3v) is 4.48. The van der Waals surface area contributed by atoms with Crippen LogP contribution in [-0.4, -0.2) is 29.6 Å². The number of aryl methyl sites for hydroxylation is 1. The molecule has 0 unspecified atom stereocenters. The van der Waals surface area contributed by atoms with E-state index in [2.05, 4.69) is 5.32 Å². The van der Waals surface area contributed by atoms with Crippen LogP contribution >= 0.6 is 0 Å². The highest BCUT2D eigenvalue weighted by atomic mass is 19.1. The number of hydrogen-bond acceptors (Lipinski definition) is 4. The number of hydrogen-bond donors (Lipinski definition) is 2. The highest BCUT2D eigenvalue weighted by molar-refractivity contribution is 6.04. The van der Waals surface area contributed by atoms with Gasteiger partial charge in [0.15, 0.2) is 0 Å². The first-order valence-corrected chi connectivity index (χ1v) is 9.11. The summed E-state index contributed by atoms with van der Waals surface area (Å²) in [6.45, 7) is 5.53. The Kier molecular flexibility index (Phi) is 5.53. The third-order valence-electron chi connectivity index (χ3n) is 4.48. The van der Waals surface area contributed by atoms with Gasteiger partial charge in [0.1, 0.15) is 17.3 Å². The Morgan fingerprint density at radius 2 is 2.04 bits per heavy atom. The fraction of sp³-hybridized carbons (Fsp3) is 0.333. The molecular weight excluding hydrogens is 363 g/mol. The van der Waals surface area contributed by atoms with E-state index in [4.69, 9.17) is 4.74 Å². The Labute approximate surface area is 162 Å². The van der Waals surface area contributed by atoms with Crippen molar-refractivity contribution in [1.82, 2.24) is 0 Å². The Morgan fingerprint density at radius 1 is 1.29 bits per heavy atom. The molecule has 1 fully saturated rings. The summed E-state index contributed by atoms with van der Waals surface area (Å²) >= 11 is 0. The minimum atomic E-state index is -0.617. The molecule has 0 bridgehead atoms. The van der Waals surface area contributed by atoms with E-state index in [0.717, 1.165) is 5.56 Å². The maximum Gasteiger partial charge on any atom is 0.229 e. The van der Waals surface area contributed by atoms with Crippen LogP contribution in [0.4, 0.5) is 15.8 Å². The van der Waals surface area contributed by atoms with Gasteiger partial charge in [0.2, 0.25) is 11.8 Å². The average molecular weight is 386 g/mol. The van der Waals surface area contributed by atoms with Crippen molar-refractivity contribution in [2.75, 3.05) is 16.8 Å². The monoisotopic (exact) mass is 386 g/mol. The predicted molar refractivity (Wildman–Crippen MR) is 104 cm³/mol. The molecule has 2 aromatic rings. The lowest BCUT2D eigenvalue weighted by Crippen LogP contribution is -2.29. The van der Waals surface area contributed by atoms with Gasteiger partial charge in [-0.3, -0.25) is 9.59 Å². The van der Waals surface area contributed by atoms with Gasteiger partial charge in [-0.15, -0.1) is 0 Å². The van der Waals surface area contributed by atoms with Crippen LogP contribution in [0.3, 0.4) is 0 Å². The number of benzene rings is 2. The molecule has 0 spiro atoms. The van der Waals surface area contributed by atoms with Crippen molar-refractivity contribution in [3.8, 4) is 11.5 Å². The Bertz CT molecular complexity index is 913. The molecule has 1 heterocycles. The highest BCUT2D eigenvalue weighted by Crippen LogP contribution is 2.32. The van der Waals surface area contributed by atoms with E-state index >= 15 is 0 Å². The average Bonchev–Trinajstić information content (AvgIpc) is 2.98. The lowest BCUT2D eigenvalue weighted by molar-refractivity contribution is -0.122. The molecule has 3 rings (SSSR count). The van der Waals surface area contributed by atoms with Gasteiger partial charge in [0, 0.05) is 19.0 Å². The Balaban J connectivity index is 1.75. The maximum atomic E-state index is 14.2. The first-order chi connectivity index (χ1) is 13.2. The van der Waals surface area contributed by atoms with Gasteiger partial charge in [0.25, 0.3) is 0 Å². The van der Waals surface area contributed by atoms with Crippen LogP contribution in [0.25, 0.3) is 0 Å². The minimum absolute atomic E-state index is 0.00238. The number of nitrogens with one attached hydrogen (secondary N) is 1. The summed E-state index contributed by atoms with van der Waals surface area (Å²) in [5.41, 5.74) is 1.34. The Hall–Kier alpha value is -3.09. The number of amides is 2. The molecule has 0 radical (unpaired) electrons. The van der Waals surface area contributed by atoms with Gasteiger partial charge in [-0.1, -0.05) is 6.07 Å². The van der Waals surface area contributed by atoms with E-state index in [1.165, 1.54) is 23.1 Å². The smallest absolute Gasteiger partial charge is 0.229 e. The quantitative estimate of drug-likeness (QED) is 0.770. The van der Waals surface area contributed by atoms with E-state index in [1.807, 2.05) is 13.8 Å². The number of aromatic hydroxyl groups is 1. The molecule has 148 valence electrons. The van der Waals surface area contributed by atoms with Crippen molar-refractivity contribution in [3.63, 3.8) is 0 Å². The number of ether oxygens (including phenoxy) is 1. The normalized spacial score (nSPS) is 16.5. The van der Waals surface area contributed by atoms with Crippen molar-refractivity contribution >= 4 is 23.2 Å². The number of anilines is 2. The van der Waals surface area contributed by atoms with E-state index in [-0.39, 0.29) is 42.3 Å². The minimum Gasteiger partial charge on any atom is -0.508 e. The van der Waals surface area contributed by atoms with E-state index < -0.39 is 11.7 Å². The molecule has 0 aliphatic carbocycles. The second-order valence-electron chi connectivity index (χ2n) is 7.20. The van der Waals surface area contributed by atoms with E-state index in [9.17, 15) is 19.1 Å². The lowest BCUT2D eigenvalue weighted by atomic mass is 10.1. The highest BCUT2D eigenvalue weighted by Gasteiger charge is 2.36. The van der Waals surface area contributed by atoms with E-state index in [0.29, 0.717) is 11.4 Å². The zero-order valence-corrected chi connectivity index (χ0v) is 16.0. The molecule has 1 saturated heterocycles. The molecule has 6 nitrogen and oxygen atoms in total. The molecule has 7 heteroatoms. The fourth-order valence-electron chi connectivity index (χ4n) is 3.15. The standard InChI is InChI=1S/C21H23FN2O4/c1-12(2)28-19-10-15(25)5-6-17(19)23-21(27)14-9-20(26)24(11-14)18-7-4-13(3)8-16(18)22/h4-8,10,12,14,25H,9,11H2,1-3H3,(H,23,27)/t14-/m1/s1. The Morgan fingerprint density at radius 3 is 2.71 bits per heavy atom. The van der Waals surface area contributed by atoms with Gasteiger partial charge in [-0.25, -0.2) is 4.39 Å². The van der Waals surface area contributed by atoms with Crippen molar-refractivity contribution in [1.29, 1.82) is 0 Å². The molecule has 1 aliphatic heterocycles. The number of phenols is 1. The van der Waals surface area contributed by atoms with Crippen molar-refractivity contribution in [2.45, 2.75) is 33.3 Å². The number of halogens is 1. The molecule has 2 aromatic carbocycles. The summed E-state index contributed by atoms with van der Waals surface area (Å²) in [6, 6.07) is 9.05. The van der Waals surface area contributed by atoms with E-state index in [1.54, 1.807) is 25.1 Å². The lowest BCUT2D eigenvalue weighted by Gasteiger charge is -2.19. The van der Waals surface area contributed by atoms with Crippen LogP contribution < -0.4 is 15.0 Å². The van der Waals surface area contributed by atoms with Crippen LogP contribution in [0.1, 0.15) is 25.8 Å². The SMILES string of the molecule is Cc1ccc(N2C[C@H](C(=O)Nc3ccc(O)cc3OC(C)C)CC2=O)c(F)c1. The largest absolute Gasteiger partial charge is 0.508 e. The predicted octanol–water partition coefficient (Wildman–Crippen LogP) is 3.62.